The van der Waals surface area contributed by atoms with Gasteiger partial charge < -0.3 is 5.32 Å². The molecule has 1 rings (SSSR count). The minimum Gasteiger partial charge on any atom is -0.320 e. The highest BCUT2D eigenvalue weighted by Gasteiger charge is 2.08. The zero-order chi connectivity index (χ0) is 12.0. The Balaban J connectivity index is 2.59. The number of nitriles is 1. The number of hydrogen-bond acceptors (Lipinski definition) is 4. The third kappa shape index (κ3) is 3.75. The molecule has 1 N–H and O–H groups in total. The Bertz CT molecular complexity index is 434. The number of anilines is 1. The molecule has 0 radical (unpaired) electrons. The second-order valence-electron chi connectivity index (χ2n) is 3.07. The van der Waals surface area contributed by atoms with E-state index in [1.807, 2.05) is 6.07 Å². The molecule has 0 aliphatic heterocycles. The molecular weight excluding hydrogens is 210 g/mol. The van der Waals surface area contributed by atoms with Gasteiger partial charge in [-0.3, -0.25) is 14.9 Å². The molecule has 0 bridgehead atoms. The molecule has 0 aliphatic rings. The molecule has 0 atom stereocenters. The molecule has 16 heavy (non-hydrogen) atoms. The predicted molar refractivity (Wildman–Crippen MR) is 56.3 cm³/mol. The largest absolute Gasteiger partial charge is 0.320 e. The summed E-state index contributed by atoms with van der Waals surface area (Å²) in [5.74, 6) is -0.668. The molecule has 0 spiro atoms. The molecule has 0 heterocycles. The molecule has 1 amide bonds. The summed E-state index contributed by atoms with van der Waals surface area (Å²) in [4.78, 5) is 20.4. The third-order valence-corrected chi connectivity index (χ3v) is 1.79. The van der Waals surface area contributed by atoms with Gasteiger partial charge in [-0.05, 0) is 17.7 Å². The Hall–Kier alpha value is -2.42. The highest BCUT2D eigenvalue weighted by molar-refractivity contribution is 5.91. The number of amides is 1. The summed E-state index contributed by atoms with van der Waals surface area (Å²) in [6.07, 6.45) is 0.295. The summed E-state index contributed by atoms with van der Waals surface area (Å²) in [6, 6.07) is 8.57. The van der Waals surface area contributed by atoms with Crippen LogP contribution in [0.15, 0.2) is 24.3 Å². The van der Waals surface area contributed by atoms with Crippen molar-refractivity contribution in [2.24, 2.45) is 0 Å². The molecule has 6 heteroatoms. The summed E-state index contributed by atoms with van der Waals surface area (Å²) in [6.45, 7) is -0.750. The summed E-state index contributed by atoms with van der Waals surface area (Å²) in [5, 5.41) is 20.9. The van der Waals surface area contributed by atoms with Crippen molar-refractivity contribution in [3.63, 3.8) is 0 Å². The van der Waals surface area contributed by atoms with Crippen LogP contribution in [0.25, 0.3) is 0 Å². The summed E-state index contributed by atoms with van der Waals surface area (Å²) >= 11 is 0. The van der Waals surface area contributed by atoms with Crippen LogP contribution in [0, 0.1) is 21.4 Å². The van der Waals surface area contributed by atoms with Gasteiger partial charge in [0.2, 0.25) is 0 Å². The van der Waals surface area contributed by atoms with Gasteiger partial charge in [-0.1, -0.05) is 12.1 Å². The minimum absolute atomic E-state index is 0.295. The lowest BCUT2D eigenvalue weighted by Gasteiger charge is -2.02. The van der Waals surface area contributed by atoms with E-state index in [-0.39, 0.29) is 0 Å². The van der Waals surface area contributed by atoms with Crippen molar-refractivity contribution in [1.82, 2.24) is 0 Å². The average molecular weight is 219 g/mol. The minimum atomic E-state index is -0.750. The Kier molecular flexibility index (Phi) is 3.98. The zero-order valence-electron chi connectivity index (χ0n) is 8.34. The summed E-state index contributed by atoms with van der Waals surface area (Å²) in [7, 11) is 0. The third-order valence-electron chi connectivity index (χ3n) is 1.79. The molecular formula is C10H9N3O3. The van der Waals surface area contributed by atoms with E-state index in [1.165, 1.54) is 0 Å². The Morgan fingerprint density at radius 2 is 2.06 bits per heavy atom. The van der Waals surface area contributed by atoms with Crippen molar-refractivity contribution in [1.29, 1.82) is 5.26 Å². The van der Waals surface area contributed by atoms with Gasteiger partial charge in [0.1, 0.15) is 0 Å². The Morgan fingerprint density at radius 3 is 2.56 bits per heavy atom. The van der Waals surface area contributed by atoms with Crippen LogP contribution >= 0.6 is 0 Å². The topological polar surface area (TPSA) is 96.0 Å². The van der Waals surface area contributed by atoms with E-state index in [4.69, 9.17) is 5.26 Å². The van der Waals surface area contributed by atoms with Gasteiger partial charge in [-0.25, -0.2) is 0 Å². The smallest absolute Gasteiger partial charge is 0.296 e. The number of benzene rings is 1. The molecule has 1 aromatic carbocycles. The van der Waals surface area contributed by atoms with E-state index in [0.717, 1.165) is 5.56 Å². The fourth-order valence-electron chi connectivity index (χ4n) is 1.11. The lowest BCUT2D eigenvalue weighted by atomic mass is 10.1. The molecule has 0 aromatic heterocycles. The Labute approximate surface area is 91.6 Å². The van der Waals surface area contributed by atoms with E-state index in [0.29, 0.717) is 12.1 Å². The van der Waals surface area contributed by atoms with Crippen LogP contribution in [0.1, 0.15) is 5.56 Å². The Morgan fingerprint density at radius 1 is 1.44 bits per heavy atom. The first-order valence-corrected chi connectivity index (χ1v) is 4.49. The highest BCUT2D eigenvalue weighted by atomic mass is 16.6. The van der Waals surface area contributed by atoms with E-state index < -0.39 is 17.4 Å². The van der Waals surface area contributed by atoms with Crippen LogP contribution in [0.4, 0.5) is 5.69 Å². The number of carbonyl (C=O) groups is 1. The van der Waals surface area contributed by atoms with Gasteiger partial charge in [0.25, 0.3) is 12.5 Å². The van der Waals surface area contributed by atoms with Crippen LogP contribution in [0.3, 0.4) is 0 Å². The maximum absolute atomic E-state index is 11.0. The number of carbonyl (C=O) groups excluding carboxylic acids is 1. The molecule has 0 fully saturated rings. The van der Waals surface area contributed by atoms with Crippen LogP contribution in [0.5, 0.6) is 0 Å². The van der Waals surface area contributed by atoms with Crippen LogP contribution < -0.4 is 5.32 Å². The predicted octanol–water partition coefficient (Wildman–Crippen LogP) is 0.968. The van der Waals surface area contributed by atoms with Crippen molar-refractivity contribution in [3.05, 3.63) is 39.9 Å². The summed E-state index contributed by atoms with van der Waals surface area (Å²) < 4.78 is 0. The van der Waals surface area contributed by atoms with E-state index in [2.05, 4.69) is 5.32 Å². The van der Waals surface area contributed by atoms with E-state index >= 15 is 0 Å². The summed E-state index contributed by atoms with van der Waals surface area (Å²) in [5.41, 5.74) is 1.31. The van der Waals surface area contributed by atoms with Gasteiger partial charge in [-0.15, -0.1) is 0 Å². The fourth-order valence-corrected chi connectivity index (χ4v) is 1.11. The second-order valence-corrected chi connectivity index (χ2v) is 3.07. The first-order valence-electron chi connectivity index (χ1n) is 4.49. The van der Waals surface area contributed by atoms with E-state index in [9.17, 15) is 14.9 Å². The van der Waals surface area contributed by atoms with Crippen molar-refractivity contribution in [3.8, 4) is 6.07 Å². The van der Waals surface area contributed by atoms with Crippen molar-refractivity contribution >= 4 is 11.6 Å². The van der Waals surface area contributed by atoms with Gasteiger partial charge in [-0.2, -0.15) is 5.26 Å². The van der Waals surface area contributed by atoms with E-state index in [1.54, 1.807) is 24.3 Å². The molecule has 82 valence electrons. The lowest BCUT2D eigenvalue weighted by Crippen LogP contribution is -2.21. The first-order chi connectivity index (χ1) is 7.61. The van der Waals surface area contributed by atoms with Crippen molar-refractivity contribution < 1.29 is 9.72 Å². The van der Waals surface area contributed by atoms with Crippen LogP contribution in [-0.2, 0) is 11.2 Å². The molecule has 6 nitrogen and oxygen atoms in total. The van der Waals surface area contributed by atoms with Crippen molar-refractivity contribution in [2.45, 2.75) is 6.42 Å². The number of rotatable bonds is 4. The maximum Gasteiger partial charge on any atom is 0.296 e. The quantitative estimate of drug-likeness (QED) is 0.602. The molecule has 1 aromatic rings. The molecule has 0 aliphatic carbocycles. The first kappa shape index (κ1) is 11.7. The normalized spacial score (nSPS) is 9.19. The second kappa shape index (κ2) is 5.46. The van der Waals surface area contributed by atoms with Gasteiger partial charge in [0, 0.05) is 10.6 Å². The van der Waals surface area contributed by atoms with Crippen molar-refractivity contribution in [2.75, 3.05) is 11.9 Å². The average Bonchev–Trinajstić information content (AvgIpc) is 2.20. The molecule has 0 saturated carbocycles. The molecule has 0 saturated heterocycles. The number of nitro groups is 1. The highest BCUT2D eigenvalue weighted by Crippen LogP contribution is 2.09. The molecule has 0 unspecified atom stereocenters. The van der Waals surface area contributed by atoms with Gasteiger partial charge in [0.15, 0.2) is 0 Å². The van der Waals surface area contributed by atoms with Gasteiger partial charge in [0.05, 0.1) is 12.5 Å². The fraction of sp³-hybridized carbons (Fsp3) is 0.200. The van der Waals surface area contributed by atoms with Gasteiger partial charge >= 0.3 is 0 Å². The number of nitrogens with zero attached hydrogens (tertiary/aromatic N) is 2. The SMILES string of the molecule is N#CCc1ccc(NC(=O)C[N+](=O)[O-])cc1. The van der Waals surface area contributed by atoms with Crippen LogP contribution in [0.2, 0.25) is 0 Å². The van der Waals surface area contributed by atoms with Crippen LogP contribution in [-0.4, -0.2) is 17.4 Å². The monoisotopic (exact) mass is 219 g/mol. The standard InChI is InChI=1S/C10H9N3O3/c11-6-5-8-1-3-9(4-2-8)12-10(14)7-13(15)16/h1-4H,5,7H2,(H,12,14). The lowest BCUT2D eigenvalue weighted by molar-refractivity contribution is -0.467. The number of nitrogens with one attached hydrogen (secondary N) is 1. The number of hydrogen-bond donors (Lipinski definition) is 1. The zero-order valence-corrected chi connectivity index (χ0v) is 8.34. The maximum atomic E-state index is 11.0.